The lowest BCUT2D eigenvalue weighted by molar-refractivity contribution is -0.380. The van der Waals surface area contributed by atoms with Gasteiger partial charge in [0.1, 0.15) is 0 Å². The number of rotatable bonds is 3. The fraction of sp³-hybridized carbons (Fsp3) is 0.583. The van der Waals surface area contributed by atoms with E-state index in [-0.39, 0.29) is 17.0 Å². The Morgan fingerprint density at radius 3 is 3.00 bits per heavy atom. The molecule has 1 aromatic rings. The predicted octanol–water partition coefficient (Wildman–Crippen LogP) is 1.86. The fourth-order valence-corrected chi connectivity index (χ4v) is 3.08. The summed E-state index contributed by atoms with van der Waals surface area (Å²) in [6.07, 6.45) is 1.73. The molecule has 1 aromatic heterocycles. The smallest absolute Gasteiger partial charge is 0.324 e. The third-order valence-electron chi connectivity index (χ3n) is 3.62. The molecule has 2 rings (SSSR count). The zero-order valence-corrected chi connectivity index (χ0v) is 11.6. The number of hydrogen-bond donors (Lipinski definition) is 1. The predicted molar refractivity (Wildman–Crippen MR) is 73.3 cm³/mol. The summed E-state index contributed by atoms with van der Waals surface area (Å²) in [5.74, 6) is 0.182. The van der Waals surface area contributed by atoms with Crippen molar-refractivity contribution >= 4 is 22.2 Å². The van der Waals surface area contributed by atoms with Gasteiger partial charge in [0.2, 0.25) is 0 Å². The summed E-state index contributed by atoms with van der Waals surface area (Å²) in [6, 6.07) is 1.49. The number of nitrogens with zero attached hydrogens (tertiary/aromatic N) is 2. The first-order valence-corrected chi connectivity index (χ1v) is 7.18. The Hall–Kier alpha value is -1.47. The Labute approximate surface area is 115 Å². The number of nitrogens with two attached hydrogens (primary N) is 1. The van der Waals surface area contributed by atoms with Crippen LogP contribution in [0.3, 0.4) is 0 Å². The van der Waals surface area contributed by atoms with Crippen molar-refractivity contribution in [2.45, 2.75) is 25.8 Å². The van der Waals surface area contributed by atoms with E-state index in [4.69, 9.17) is 5.73 Å². The quantitative estimate of drug-likeness (QED) is 0.677. The monoisotopic (exact) mass is 283 g/mol. The van der Waals surface area contributed by atoms with Crippen LogP contribution in [-0.4, -0.2) is 34.9 Å². The van der Waals surface area contributed by atoms with Crippen molar-refractivity contribution in [2.75, 3.05) is 13.1 Å². The van der Waals surface area contributed by atoms with E-state index in [0.717, 1.165) is 24.2 Å². The third kappa shape index (κ3) is 2.93. The summed E-state index contributed by atoms with van der Waals surface area (Å²) in [5.41, 5.74) is 6.41. The van der Waals surface area contributed by atoms with Gasteiger partial charge in [-0.2, -0.15) is 0 Å². The summed E-state index contributed by atoms with van der Waals surface area (Å²) in [5, 5.41) is 12.2. The highest BCUT2D eigenvalue weighted by atomic mass is 32.1. The van der Waals surface area contributed by atoms with Crippen LogP contribution >= 0.6 is 11.3 Å². The molecule has 1 aliphatic rings. The fourth-order valence-electron chi connectivity index (χ4n) is 2.38. The van der Waals surface area contributed by atoms with E-state index in [9.17, 15) is 14.9 Å². The topological polar surface area (TPSA) is 89.5 Å². The molecule has 1 aliphatic heterocycles. The van der Waals surface area contributed by atoms with Crippen molar-refractivity contribution in [3.63, 3.8) is 0 Å². The lowest BCUT2D eigenvalue weighted by Crippen LogP contribution is -2.48. The second kappa shape index (κ2) is 5.66. The van der Waals surface area contributed by atoms with E-state index in [1.807, 2.05) is 0 Å². The SMILES string of the molecule is CCC1CN(C(=O)c2csc([N+](=O)[O-])c2)CCC1N. The molecular weight excluding hydrogens is 266 g/mol. The largest absolute Gasteiger partial charge is 0.338 e. The van der Waals surface area contributed by atoms with Gasteiger partial charge in [0.25, 0.3) is 5.91 Å². The van der Waals surface area contributed by atoms with Gasteiger partial charge in [-0.15, -0.1) is 0 Å². The molecule has 0 bridgehead atoms. The first-order chi connectivity index (χ1) is 9.02. The minimum absolute atomic E-state index is 0.00380. The van der Waals surface area contributed by atoms with Gasteiger partial charge in [0.05, 0.1) is 10.5 Å². The van der Waals surface area contributed by atoms with Gasteiger partial charge in [-0.1, -0.05) is 24.7 Å². The maximum absolute atomic E-state index is 12.3. The molecule has 6 nitrogen and oxygen atoms in total. The molecule has 104 valence electrons. The molecule has 0 spiro atoms. The molecule has 1 fully saturated rings. The van der Waals surface area contributed by atoms with Gasteiger partial charge in [-0.25, -0.2) is 0 Å². The maximum Gasteiger partial charge on any atom is 0.324 e. The Morgan fingerprint density at radius 2 is 2.42 bits per heavy atom. The molecule has 7 heteroatoms. The summed E-state index contributed by atoms with van der Waals surface area (Å²) < 4.78 is 0. The third-order valence-corrected chi connectivity index (χ3v) is 4.50. The normalized spacial score (nSPS) is 23.4. The minimum atomic E-state index is -0.470. The van der Waals surface area contributed by atoms with Crippen LogP contribution in [0.2, 0.25) is 0 Å². The Morgan fingerprint density at radius 1 is 1.68 bits per heavy atom. The number of amides is 1. The van der Waals surface area contributed by atoms with Crippen LogP contribution in [0.25, 0.3) is 0 Å². The number of piperidine rings is 1. The highest BCUT2D eigenvalue weighted by Gasteiger charge is 2.29. The second-order valence-corrected chi connectivity index (χ2v) is 5.69. The van der Waals surface area contributed by atoms with E-state index in [2.05, 4.69) is 6.92 Å². The molecule has 2 unspecified atom stereocenters. The van der Waals surface area contributed by atoms with E-state index in [1.54, 1.807) is 10.3 Å². The van der Waals surface area contributed by atoms with Crippen LogP contribution in [0.15, 0.2) is 11.4 Å². The van der Waals surface area contributed by atoms with Crippen molar-refractivity contribution in [3.8, 4) is 0 Å². The van der Waals surface area contributed by atoms with Crippen molar-refractivity contribution in [2.24, 2.45) is 11.7 Å². The molecule has 1 saturated heterocycles. The van der Waals surface area contributed by atoms with Gasteiger partial charge in [-0.3, -0.25) is 14.9 Å². The van der Waals surface area contributed by atoms with Crippen molar-refractivity contribution in [1.29, 1.82) is 0 Å². The molecule has 0 radical (unpaired) electrons. The van der Waals surface area contributed by atoms with Crippen LogP contribution in [0.4, 0.5) is 5.00 Å². The summed E-state index contributed by atoms with van der Waals surface area (Å²) >= 11 is 0.986. The molecular formula is C12H17N3O3S. The molecule has 2 atom stereocenters. The van der Waals surface area contributed by atoms with Gasteiger partial charge >= 0.3 is 5.00 Å². The summed E-state index contributed by atoms with van der Waals surface area (Å²) in [4.78, 5) is 24.2. The second-order valence-electron chi connectivity index (χ2n) is 4.80. The highest BCUT2D eigenvalue weighted by molar-refractivity contribution is 7.13. The first kappa shape index (κ1) is 14.0. The van der Waals surface area contributed by atoms with Crippen LogP contribution in [0.5, 0.6) is 0 Å². The highest BCUT2D eigenvalue weighted by Crippen LogP contribution is 2.26. The van der Waals surface area contributed by atoms with E-state index in [1.165, 1.54) is 6.07 Å². The number of nitro groups is 1. The number of likely N-dealkylation sites (tertiary alicyclic amines) is 1. The van der Waals surface area contributed by atoms with Crippen LogP contribution in [0, 0.1) is 16.0 Å². The van der Waals surface area contributed by atoms with Gasteiger partial charge in [-0.05, 0) is 12.3 Å². The zero-order chi connectivity index (χ0) is 14.0. The van der Waals surface area contributed by atoms with Crippen LogP contribution < -0.4 is 5.73 Å². The lowest BCUT2D eigenvalue weighted by Gasteiger charge is -2.36. The number of thiophene rings is 1. The van der Waals surface area contributed by atoms with Crippen LogP contribution in [-0.2, 0) is 0 Å². The van der Waals surface area contributed by atoms with E-state index < -0.39 is 4.92 Å². The van der Waals surface area contributed by atoms with Gasteiger partial charge < -0.3 is 10.6 Å². The Kier molecular flexibility index (Phi) is 4.16. The number of carbonyl (C=O) groups excluding carboxylic acids is 1. The first-order valence-electron chi connectivity index (χ1n) is 6.30. The van der Waals surface area contributed by atoms with E-state index >= 15 is 0 Å². The summed E-state index contributed by atoms with van der Waals surface area (Å²) in [7, 11) is 0. The maximum atomic E-state index is 12.3. The average molecular weight is 283 g/mol. The van der Waals surface area contributed by atoms with Crippen molar-refractivity contribution in [3.05, 3.63) is 27.1 Å². The Bertz CT molecular complexity index is 488. The van der Waals surface area contributed by atoms with Crippen molar-refractivity contribution < 1.29 is 9.72 Å². The molecule has 19 heavy (non-hydrogen) atoms. The van der Waals surface area contributed by atoms with Gasteiger partial charge in [0, 0.05) is 30.6 Å². The lowest BCUT2D eigenvalue weighted by atomic mass is 9.90. The molecule has 0 aromatic carbocycles. The number of carbonyl (C=O) groups is 1. The van der Waals surface area contributed by atoms with Crippen LogP contribution in [0.1, 0.15) is 30.1 Å². The Balaban J connectivity index is 2.08. The molecule has 2 heterocycles. The molecule has 0 aliphatic carbocycles. The average Bonchev–Trinajstić information content (AvgIpc) is 2.88. The minimum Gasteiger partial charge on any atom is -0.338 e. The zero-order valence-electron chi connectivity index (χ0n) is 10.7. The molecule has 0 saturated carbocycles. The van der Waals surface area contributed by atoms with E-state index in [0.29, 0.717) is 24.6 Å². The summed E-state index contributed by atoms with van der Waals surface area (Å²) in [6.45, 7) is 3.33. The standard InChI is InChI=1S/C12H17N3O3S/c1-2-8-6-14(4-3-10(8)13)12(16)9-5-11(15(17)18)19-7-9/h5,7-8,10H,2-4,6,13H2,1H3. The van der Waals surface area contributed by atoms with Crippen molar-refractivity contribution in [1.82, 2.24) is 4.90 Å². The number of hydrogen-bond acceptors (Lipinski definition) is 5. The van der Waals surface area contributed by atoms with Gasteiger partial charge in [0.15, 0.2) is 0 Å². The molecule has 2 N–H and O–H groups in total. The molecule has 1 amide bonds.